The van der Waals surface area contributed by atoms with E-state index in [2.05, 4.69) is 4.74 Å². The number of rotatable bonds is 1. The van der Waals surface area contributed by atoms with Crippen LogP contribution in [0.3, 0.4) is 0 Å². The Morgan fingerprint density at radius 1 is 1.50 bits per heavy atom. The van der Waals surface area contributed by atoms with Crippen molar-refractivity contribution in [3.8, 4) is 0 Å². The Balaban J connectivity index is 3.47. The van der Waals surface area contributed by atoms with Crippen LogP contribution in [0.5, 0.6) is 0 Å². The highest BCUT2D eigenvalue weighted by Crippen LogP contribution is 2.24. The fourth-order valence-corrected chi connectivity index (χ4v) is 1.26. The predicted octanol–water partition coefficient (Wildman–Crippen LogP) is 1.81. The summed E-state index contributed by atoms with van der Waals surface area (Å²) in [5.41, 5.74) is 6.74. The quantitative estimate of drug-likeness (QED) is 0.551. The van der Waals surface area contributed by atoms with Gasteiger partial charge >= 0.3 is 5.97 Å². The van der Waals surface area contributed by atoms with Gasteiger partial charge in [-0.2, -0.15) is 0 Å². The van der Waals surface area contributed by atoms with Crippen LogP contribution in [0.1, 0.15) is 21.5 Å². The van der Waals surface area contributed by atoms with Gasteiger partial charge in [0.15, 0.2) is 0 Å². The van der Waals surface area contributed by atoms with Gasteiger partial charge in [-0.3, -0.25) is 0 Å². The Bertz CT molecular complexity index is 362. The summed E-state index contributed by atoms with van der Waals surface area (Å²) in [6.07, 6.45) is 0. The Morgan fingerprint density at radius 2 is 2.07 bits per heavy atom. The maximum absolute atomic E-state index is 13.2. The molecule has 1 aromatic carbocycles. The van der Waals surface area contributed by atoms with Crippen molar-refractivity contribution >= 4 is 11.7 Å². The summed E-state index contributed by atoms with van der Waals surface area (Å²) in [5, 5.41) is 0. The minimum absolute atomic E-state index is 0.116. The third-order valence-corrected chi connectivity index (χ3v) is 2.23. The first-order chi connectivity index (χ1) is 6.49. The molecule has 3 nitrogen and oxygen atoms in total. The molecule has 2 N–H and O–H groups in total. The van der Waals surface area contributed by atoms with Gasteiger partial charge < -0.3 is 10.5 Å². The predicted molar refractivity (Wildman–Crippen MR) is 51.6 cm³/mol. The zero-order valence-corrected chi connectivity index (χ0v) is 8.35. The van der Waals surface area contributed by atoms with Crippen LogP contribution in [0.4, 0.5) is 10.1 Å². The third kappa shape index (κ3) is 1.55. The molecule has 1 rings (SSSR count). The lowest BCUT2D eigenvalue weighted by atomic mass is 10.0. The summed E-state index contributed by atoms with van der Waals surface area (Å²) in [6, 6.07) is 1.30. The van der Waals surface area contributed by atoms with Crippen LogP contribution in [0.2, 0.25) is 0 Å². The number of benzene rings is 1. The van der Waals surface area contributed by atoms with E-state index in [9.17, 15) is 9.18 Å². The van der Waals surface area contributed by atoms with Gasteiger partial charge in [-0.05, 0) is 31.0 Å². The van der Waals surface area contributed by atoms with Crippen LogP contribution >= 0.6 is 0 Å². The van der Waals surface area contributed by atoms with Crippen molar-refractivity contribution in [1.29, 1.82) is 0 Å². The molecule has 0 aliphatic rings. The number of hydrogen-bond acceptors (Lipinski definition) is 3. The van der Waals surface area contributed by atoms with Crippen molar-refractivity contribution in [2.45, 2.75) is 13.8 Å². The minimum atomic E-state index is -0.609. The molecule has 76 valence electrons. The number of methoxy groups -OCH3 is 1. The van der Waals surface area contributed by atoms with Gasteiger partial charge in [0, 0.05) is 0 Å². The first-order valence-electron chi connectivity index (χ1n) is 4.12. The molecule has 0 fully saturated rings. The van der Waals surface area contributed by atoms with E-state index >= 15 is 0 Å². The lowest BCUT2D eigenvalue weighted by Crippen LogP contribution is -2.10. The number of hydrogen-bond donors (Lipinski definition) is 1. The smallest absolute Gasteiger partial charge is 0.340 e. The second-order valence-electron chi connectivity index (χ2n) is 3.08. The maximum atomic E-state index is 13.2. The van der Waals surface area contributed by atoms with Crippen molar-refractivity contribution in [1.82, 2.24) is 0 Å². The van der Waals surface area contributed by atoms with Crippen LogP contribution in [0.15, 0.2) is 6.07 Å². The van der Waals surface area contributed by atoms with Crippen LogP contribution in [-0.2, 0) is 4.74 Å². The number of esters is 1. The molecular formula is C10H12FNO2. The van der Waals surface area contributed by atoms with E-state index < -0.39 is 11.8 Å². The molecule has 0 radical (unpaired) electrons. The third-order valence-electron chi connectivity index (χ3n) is 2.23. The lowest BCUT2D eigenvalue weighted by molar-refractivity contribution is 0.0600. The zero-order valence-electron chi connectivity index (χ0n) is 8.35. The van der Waals surface area contributed by atoms with Crippen LogP contribution in [-0.4, -0.2) is 13.1 Å². The SMILES string of the molecule is COC(=O)c1c(C)c(C)cc(F)c1N. The van der Waals surface area contributed by atoms with E-state index in [4.69, 9.17) is 5.73 Å². The lowest BCUT2D eigenvalue weighted by Gasteiger charge is -2.10. The topological polar surface area (TPSA) is 52.3 Å². The summed E-state index contributed by atoms with van der Waals surface area (Å²) in [7, 11) is 1.24. The number of nitrogens with two attached hydrogens (primary N) is 1. The minimum Gasteiger partial charge on any atom is -0.465 e. The van der Waals surface area contributed by atoms with E-state index in [1.165, 1.54) is 13.2 Å². The summed E-state index contributed by atoms with van der Waals surface area (Å²) in [6.45, 7) is 3.42. The van der Waals surface area contributed by atoms with Gasteiger partial charge in [0.1, 0.15) is 5.82 Å². The molecule has 0 amide bonds. The van der Waals surface area contributed by atoms with Gasteiger partial charge in [-0.25, -0.2) is 9.18 Å². The zero-order chi connectivity index (χ0) is 10.9. The van der Waals surface area contributed by atoms with Gasteiger partial charge in [0.05, 0.1) is 18.4 Å². The molecule has 0 heterocycles. The summed E-state index contributed by atoms with van der Waals surface area (Å²) >= 11 is 0. The second kappa shape index (κ2) is 3.65. The second-order valence-corrected chi connectivity index (χ2v) is 3.08. The van der Waals surface area contributed by atoms with Crippen molar-refractivity contribution in [2.24, 2.45) is 0 Å². The monoisotopic (exact) mass is 197 g/mol. The summed E-state index contributed by atoms with van der Waals surface area (Å²) in [4.78, 5) is 11.3. The fraction of sp³-hybridized carbons (Fsp3) is 0.300. The Morgan fingerprint density at radius 3 is 2.57 bits per heavy atom. The molecule has 0 spiro atoms. The van der Waals surface area contributed by atoms with Crippen molar-refractivity contribution in [3.05, 3.63) is 28.6 Å². The first kappa shape index (κ1) is 10.5. The normalized spacial score (nSPS) is 10.0. The summed E-state index contributed by atoms with van der Waals surface area (Å²) < 4.78 is 17.7. The van der Waals surface area contributed by atoms with Gasteiger partial charge in [-0.1, -0.05) is 0 Å². The molecule has 0 saturated carbocycles. The van der Waals surface area contributed by atoms with Gasteiger partial charge in [0.25, 0.3) is 0 Å². The number of carbonyl (C=O) groups is 1. The van der Waals surface area contributed by atoms with Crippen molar-refractivity contribution < 1.29 is 13.9 Å². The molecule has 0 bridgehead atoms. The maximum Gasteiger partial charge on any atom is 0.340 e. The highest BCUT2D eigenvalue weighted by molar-refractivity contribution is 5.97. The average molecular weight is 197 g/mol. The molecule has 0 unspecified atom stereocenters. The number of carbonyl (C=O) groups excluding carboxylic acids is 1. The number of halogens is 1. The number of aryl methyl sites for hydroxylation is 1. The Hall–Kier alpha value is -1.58. The van der Waals surface area contributed by atoms with E-state index in [1.807, 2.05) is 0 Å². The standard InChI is InChI=1S/C10H12FNO2/c1-5-4-7(11)9(12)8(6(5)2)10(13)14-3/h4H,12H2,1-3H3. The number of ether oxygens (including phenoxy) is 1. The van der Waals surface area contributed by atoms with E-state index in [0.717, 1.165) is 0 Å². The van der Waals surface area contributed by atoms with Crippen LogP contribution < -0.4 is 5.73 Å². The first-order valence-corrected chi connectivity index (χ1v) is 4.12. The highest BCUT2D eigenvalue weighted by atomic mass is 19.1. The molecule has 0 saturated heterocycles. The average Bonchev–Trinajstić information content (AvgIpc) is 2.15. The molecule has 0 aromatic heterocycles. The molecule has 1 aromatic rings. The number of nitrogen functional groups attached to an aromatic ring is 1. The van der Waals surface area contributed by atoms with Gasteiger partial charge in [-0.15, -0.1) is 0 Å². The highest BCUT2D eigenvalue weighted by Gasteiger charge is 2.18. The Kier molecular flexibility index (Phi) is 2.74. The van der Waals surface area contributed by atoms with Crippen molar-refractivity contribution in [2.75, 3.05) is 12.8 Å². The molecule has 0 atom stereocenters. The molecule has 0 aliphatic heterocycles. The largest absolute Gasteiger partial charge is 0.465 e. The van der Waals surface area contributed by atoms with Crippen LogP contribution in [0.25, 0.3) is 0 Å². The molecular weight excluding hydrogens is 185 g/mol. The van der Waals surface area contributed by atoms with E-state index in [-0.39, 0.29) is 11.3 Å². The molecule has 14 heavy (non-hydrogen) atoms. The van der Waals surface area contributed by atoms with E-state index in [1.54, 1.807) is 13.8 Å². The Labute approximate surface area is 81.7 Å². The summed E-state index contributed by atoms with van der Waals surface area (Å²) in [5.74, 6) is -1.20. The van der Waals surface area contributed by atoms with Crippen molar-refractivity contribution in [3.63, 3.8) is 0 Å². The number of anilines is 1. The fourth-order valence-electron chi connectivity index (χ4n) is 1.26. The van der Waals surface area contributed by atoms with Crippen LogP contribution in [0, 0.1) is 19.7 Å². The van der Waals surface area contributed by atoms with Gasteiger partial charge in [0.2, 0.25) is 0 Å². The van der Waals surface area contributed by atoms with E-state index in [0.29, 0.717) is 11.1 Å². The molecule has 4 heteroatoms. The molecule has 0 aliphatic carbocycles.